The van der Waals surface area contributed by atoms with E-state index in [9.17, 15) is 4.79 Å². The lowest BCUT2D eigenvalue weighted by atomic mass is 10.3. The van der Waals surface area contributed by atoms with Gasteiger partial charge in [-0.15, -0.1) is 6.58 Å². The van der Waals surface area contributed by atoms with Gasteiger partial charge in [0.1, 0.15) is 0 Å². The van der Waals surface area contributed by atoms with Crippen molar-refractivity contribution >= 4 is 6.03 Å². The lowest BCUT2D eigenvalue weighted by Crippen LogP contribution is -2.36. The van der Waals surface area contributed by atoms with Crippen molar-refractivity contribution in [3.05, 3.63) is 30.9 Å². The van der Waals surface area contributed by atoms with Crippen LogP contribution in [0.15, 0.2) is 25.2 Å². The van der Waals surface area contributed by atoms with Crippen molar-refractivity contribution in [2.45, 2.75) is 6.42 Å². The average molecular weight is 208 g/mol. The Kier molecular flexibility index (Phi) is 4.40. The van der Waals surface area contributed by atoms with Crippen molar-refractivity contribution < 1.29 is 4.79 Å². The summed E-state index contributed by atoms with van der Waals surface area (Å²) in [5, 5.41) is 5.36. The van der Waals surface area contributed by atoms with Gasteiger partial charge in [0, 0.05) is 32.8 Å². The lowest BCUT2D eigenvalue weighted by Gasteiger charge is -2.03. The predicted octanol–water partition coefficient (Wildman–Crippen LogP) is 0.448. The summed E-state index contributed by atoms with van der Waals surface area (Å²) in [5.74, 6) is 0. The first-order chi connectivity index (χ1) is 7.22. The average Bonchev–Trinajstić information content (AvgIpc) is 2.61. The van der Waals surface area contributed by atoms with E-state index in [4.69, 9.17) is 0 Å². The third-order valence-corrected chi connectivity index (χ3v) is 1.83. The summed E-state index contributed by atoms with van der Waals surface area (Å²) in [5.41, 5.74) is 0.974. The molecule has 82 valence electrons. The Morgan fingerprint density at radius 3 is 3.07 bits per heavy atom. The zero-order valence-electron chi connectivity index (χ0n) is 8.86. The second-order valence-corrected chi connectivity index (χ2v) is 3.21. The number of urea groups is 1. The molecule has 0 saturated heterocycles. The van der Waals surface area contributed by atoms with Crippen molar-refractivity contribution in [2.75, 3.05) is 13.1 Å². The fraction of sp³-hybridized carbons (Fsp3) is 0.400. The highest BCUT2D eigenvalue weighted by atomic mass is 16.2. The Hall–Kier alpha value is -1.78. The molecule has 0 unspecified atom stereocenters. The third-order valence-electron chi connectivity index (χ3n) is 1.83. The van der Waals surface area contributed by atoms with Gasteiger partial charge in [0.2, 0.25) is 0 Å². The van der Waals surface area contributed by atoms with E-state index in [1.165, 1.54) is 0 Å². The van der Waals surface area contributed by atoms with Crippen LogP contribution >= 0.6 is 0 Å². The maximum absolute atomic E-state index is 11.1. The first-order valence-corrected chi connectivity index (χ1v) is 4.82. The monoisotopic (exact) mass is 208 g/mol. The van der Waals surface area contributed by atoms with Crippen molar-refractivity contribution in [2.24, 2.45) is 7.05 Å². The van der Waals surface area contributed by atoms with E-state index in [0.717, 1.165) is 12.1 Å². The van der Waals surface area contributed by atoms with Gasteiger partial charge < -0.3 is 15.2 Å². The summed E-state index contributed by atoms with van der Waals surface area (Å²) >= 11 is 0. The lowest BCUT2D eigenvalue weighted by molar-refractivity contribution is 0.242. The van der Waals surface area contributed by atoms with Crippen LogP contribution in [0.3, 0.4) is 0 Å². The van der Waals surface area contributed by atoms with Gasteiger partial charge in [-0.3, -0.25) is 0 Å². The van der Waals surface area contributed by atoms with E-state index in [1.807, 2.05) is 17.8 Å². The molecule has 15 heavy (non-hydrogen) atoms. The molecule has 0 aliphatic rings. The van der Waals surface area contributed by atoms with Crippen LogP contribution in [-0.4, -0.2) is 28.7 Å². The standard InChI is InChI=1S/C10H16N4O/c1-3-5-11-10(15)12-6-4-9-7-14(2)8-13-9/h3,7-8H,1,4-6H2,2H3,(H2,11,12,15). The Labute approximate surface area is 89.2 Å². The highest BCUT2D eigenvalue weighted by Gasteiger charge is 1.99. The fourth-order valence-corrected chi connectivity index (χ4v) is 1.13. The molecule has 0 aliphatic heterocycles. The number of hydrogen-bond donors (Lipinski definition) is 2. The number of aromatic nitrogens is 2. The number of amides is 2. The molecule has 0 bridgehead atoms. The second kappa shape index (κ2) is 5.85. The van der Waals surface area contributed by atoms with Crippen molar-refractivity contribution in [3.63, 3.8) is 0 Å². The van der Waals surface area contributed by atoms with E-state index in [2.05, 4.69) is 22.2 Å². The summed E-state index contributed by atoms with van der Waals surface area (Å²) in [6.07, 6.45) is 6.05. The Balaban J connectivity index is 2.16. The minimum atomic E-state index is -0.175. The van der Waals surface area contributed by atoms with Gasteiger partial charge in [0.15, 0.2) is 0 Å². The number of carbonyl (C=O) groups excluding carboxylic acids is 1. The largest absolute Gasteiger partial charge is 0.340 e. The zero-order chi connectivity index (χ0) is 11.1. The first-order valence-electron chi connectivity index (χ1n) is 4.82. The van der Waals surface area contributed by atoms with Gasteiger partial charge >= 0.3 is 6.03 Å². The molecule has 0 aromatic carbocycles. The van der Waals surface area contributed by atoms with Crippen LogP contribution in [0.2, 0.25) is 0 Å². The third kappa shape index (κ3) is 4.30. The molecule has 5 heteroatoms. The summed E-state index contributed by atoms with van der Waals surface area (Å²) < 4.78 is 1.88. The quantitative estimate of drug-likeness (QED) is 0.690. The Morgan fingerprint density at radius 2 is 2.47 bits per heavy atom. The van der Waals surface area contributed by atoms with Gasteiger partial charge in [0.25, 0.3) is 0 Å². The second-order valence-electron chi connectivity index (χ2n) is 3.21. The number of carbonyl (C=O) groups is 1. The molecule has 5 nitrogen and oxygen atoms in total. The van der Waals surface area contributed by atoms with Gasteiger partial charge in [-0.25, -0.2) is 9.78 Å². The van der Waals surface area contributed by atoms with E-state index in [1.54, 1.807) is 12.4 Å². The molecule has 0 radical (unpaired) electrons. The van der Waals surface area contributed by atoms with Crippen LogP contribution in [0.4, 0.5) is 4.79 Å². The molecule has 1 heterocycles. The van der Waals surface area contributed by atoms with Crippen LogP contribution < -0.4 is 10.6 Å². The van der Waals surface area contributed by atoms with Gasteiger partial charge in [-0.2, -0.15) is 0 Å². The van der Waals surface area contributed by atoms with Crippen molar-refractivity contribution in [1.82, 2.24) is 20.2 Å². The van der Waals surface area contributed by atoms with Crippen LogP contribution in [0.25, 0.3) is 0 Å². The smallest absolute Gasteiger partial charge is 0.315 e. The van der Waals surface area contributed by atoms with Crippen LogP contribution in [0, 0.1) is 0 Å². The number of nitrogens with one attached hydrogen (secondary N) is 2. The van der Waals surface area contributed by atoms with Crippen LogP contribution in [0.5, 0.6) is 0 Å². The summed E-state index contributed by atoms with van der Waals surface area (Å²) in [6, 6.07) is -0.175. The SMILES string of the molecule is C=CCNC(=O)NCCc1cn(C)cn1. The molecule has 2 N–H and O–H groups in total. The molecular weight excluding hydrogens is 192 g/mol. The molecule has 0 saturated carbocycles. The molecule has 0 aliphatic carbocycles. The minimum absolute atomic E-state index is 0.175. The Bertz CT molecular complexity index is 332. The first kappa shape index (κ1) is 11.3. The van der Waals surface area contributed by atoms with Crippen LogP contribution in [0.1, 0.15) is 5.69 Å². The molecule has 0 spiro atoms. The predicted molar refractivity (Wildman–Crippen MR) is 58.5 cm³/mol. The molecule has 1 aromatic rings. The number of hydrogen-bond acceptors (Lipinski definition) is 2. The highest BCUT2D eigenvalue weighted by molar-refractivity contribution is 5.73. The van der Waals surface area contributed by atoms with Gasteiger partial charge in [0.05, 0.1) is 12.0 Å². The fourth-order valence-electron chi connectivity index (χ4n) is 1.13. The van der Waals surface area contributed by atoms with E-state index in [-0.39, 0.29) is 6.03 Å². The number of rotatable bonds is 5. The maximum Gasteiger partial charge on any atom is 0.315 e. The topological polar surface area (TPSA) is 59.0 Å². The molecule has 0 fully saturated rings. The normalized spacial score (nSPS) is 9.67. The van der Waals surface area contributed by atoms with Crippen molar-refractivity contribution in [3.8, 4) is 0 Å². The molecular formula is C10H16N4O. The molecule has 1 rings (SSSR count). The van der Waals surface area contributed by atoms with Gasteiger partial charge in [-0.05, 0) is 0 Å². The molecule has 1 aromatic heterocycles. The van der Waals surface area contributed by atoms with Crippen molar-refractivity contribution in [1.29, 1.82) is 0 Å². The number of aryl methyl sites for hydroxylation is 1. The minimum Gasteiger partial charge on any atom is -0.340 e. The van der Waals surface area contributed by atoms with E-state index >= 15 is 0 Å². The zero-order valence-corrected chi connectivity index (χ0v) is 8.86. The van der Waals surface area contributed by atoms with Gasteiger partial charge in [-0.1, -0.05) is 6.08 Å². The summed E-state index contributed by atoms with van der Waals surface area (Å²) in [7, 11) is 1.92. The van der Waals surface area contributed by atoms with E-state index < -0.39 is 0 Å². The Morgan fingerprint density at radius 1 is 1.67 bits per heavy atom. The number of nitrogens with zero attached hydrogens (tertiary/aromatic N) is 2. The maximum atomic E-state index is 11.1. The number of imidazole rings is 1. The van der Waals surface area contributed by atoms with E-state index in [0.29, 0.717) is 13.1 Å². The molecule has 2 amide bonds. The molecule has 0 atom stereocenters. The van der Waals surface area contributed by atoms with Crippen LogP contribution in [-0.2, 0) is 13.5 Å². The highest BCUT2D eigenvalue weighted by Crippen LogP contribution is 1.93. The summed E-state index contributed by atoms with van der Waals surface area (Å²) in [6.45, 7) is 4.57. The summed E-state index contributed by atoms with van der Waals surface area (Å²) in [4.78, 5) is 15.3.